The quantitative estimate of drug-likeness (QED) is 0.112. The van der Waals surface area contributed by atoms with Crippen LogP contribution in [-0.2, 0) is 25.5 Å². The third-order valence-corrected chi connectivity index (χ3v) is 11.2. The molecule has 0 aliphatic carbocycles. The number of nitrogens with zero attached hydrogens (tertiary/aromatic N) is 4. The van der Waals surface area contributed by atoms with Gasteiger partial charge in [-0.05, 0) is 79.6 Å². The van der Waals surface area contributed by atoms with Gasteiger partial charge in [0.2, 0.25) is 17.7 Å². The largest absolute Gasteiger partial charge is 0.494 e. The predicted molar refractivity (Wildman–Crippen MR) is 232 cm³/mol. The predicted octanol–water partition coefficient (Wildman–Crippen LogP) is 4.63. The molecule has 0 bridgehead atoms. The number of terminal acetylenes is 1. The van der Waals surface area contributed by atoms with Crippen molar-refractivity contribution in [3.05, 3.63) is 89.2 Å². The van der Waals surface area contributed by atoms with E-state index in [1.807, 2.05) is 71.0 Å². The molecule has 322 valence electrons. The number of H-pyrrole nitrogens is 1. The fourth-order valence-electron chi connectivity index (χ4n) is 7.60. The molecule has 4 aromatic rings. The number of aromatic nitrogens is 3. The molecule has 2 aliphatic rings. The standard InChI is InChI=1S/C46H56N8O7/c1-8-29-13-15-30(16-14-29)28(3)47-44(58)39-25-33(55)26-54(39)45(59)42(46(4,5)6)50-41(56)27-61-34-19-21-53(22-20-34)32-17-18-36(40(24-32)60-7)49-43(57)37-12-10-11-35(48-37)38-23-31(9-2)51-52-38/h1,10-18,23-24,28,33-34,39,42,55H,9,19-22,25-27H2,2-7H3,(H,47,58)(H,49,57)(H,50,56)(H,51,52)/t28-,33+,39-,42+/m0/s1. The number of carbonyl (C=O) groups is 4. The van der Waals surface area contributed by atoms with Crippen LogP contribution >= 0.6 is 0 Å². The summed E-state index contributed by atoms with van der Waals surface area (Å²) in [5, 5.41) is 26.6. The zero-order valence-electron chi connectivity index (χ0n) is 35.7. The molecule has 0 saturated carbocycles. The number of nitrogens with one attached hydrogen (secondary N) is 4. The van der Waals surface area contributed by atoms with Gasteiger partial charge in [0.25, 0.3) is 5.91 Å². The maximum absolute atomic E-state index is 14.1. The first-order chi connectivity index (χ1) is 29.2. The van der Waals surface area contributed by atoms with Crippen LogP contribution in [0.4, 0.5) is 11.4 Å². The molecule has 4 heterocycles. The molecule has 15 heteroatoms. The zero-order chi connectivity index (χ0) is 43.8. The molecular weight excluding hydrogens is 777 g/mol. The SMILES string of the molecule is C#Cc1ccc([C@H](C)NC(=O)[C@@H]2C[C@@H](O)CN2C(=O)[C@@H](NC(=O)COC2CCN(c3ccc(NC(=O)c4cccc(-c5cc(CC)[nH]n5)n4)c(OC)c3)CC2)C(C)(C)C)cc1. The fraction of sp³-hybridized carbons (Fsp3) is 0.435. The Morgan fingerprint density at radius 1 is 1.02 bits per heavy atom. The number of pyridine rings is 1. The maximum Gasteiger partial charge on any atom is 0.274 e. The van der Waals surface area contributed by atoms with E-state index >= 15 is 0 Å². The first-order valence-corrected chi connectivity index (χ1v) is 20.7. The molecule has 5 N–H and O–H groups in total. The number of hydrogen-bond acceptors (Lipinski definition) is 10. The molecule has 15 nitrogen and oxygen atoms in total. The van der Waals surface area contributed by atoms with Crippen LogP contribution in [0, 0.1) is 17.8 Å². The number of hydrogen-bond donors (Lipinski definition) is 5. The second-order valence-electron chi connectivity index (χ2n) is 16.6. The molecule has 2 fully saturated rings. The van der Waals surface area contributed by atoms with E-state index in [-0.39, 0.29) is 49.2 Å². The van der Waals surface area contributed by atoms with Crippen LogP contribution < -0.4 is 25.6 Å². The van der Waals surface area contributed by atoms with Crippen molar-refractivity contribution in [3.63, 3.8) is 0 Å². The van der Waals surface area contributed by atoms with Gasteiger partial charge in [-0.25, -0.2) is 4.98 Å². The summed E-state index contributed by atoms with van der Waals surface area (Å²) in [6.45, 7) is 10.4. The van der Waals surface area contributed by atoms with E-state index in [1.165, 1.54) is 4.90 Å². The van der Waals surface area contributed by atoms with Crippen molar-refractivity contribution in [3.8, 4) is 29.5 Å². The molecule has 6 rings (SSSR count). The Balaban J connectivity index is 0.998. The van der Waals surface area contributed by atoms with Crippen molar-refractivity contribution in [2.75, 3.05) is 43.6 Å². The van der Waals surface area contributed by atoms with Crippen LogP contribution in [0.25, 0.3) is 11.4 Å². The van der Waals surface area contributed by atoms with Gasteiger partial charge >= 0.3 is 0 Å². The molecule has 0 radical (unpaired) electrons. The highest BCUT2D eigenvalue weighted by Crippen LogP contribution is 2.32. The van der Waals surface area contributed by atoms with Gasteiger partial charge < -0.3 is 40.3 Å². The normalized spacial score (nSPS) is 17.9. The van der Waals surface area contributed by atoms with Crippen LogP contribution in [0.2, 0.25) is 0 Å². The Labute approximate surface area is 357 Å². The number of rotatable bonds is 14. The molecule has 0 spiro atoms. The number of β-amino-alcohol motifs (C(OH)–C–C–N with tert-alkyl or cyclic N) is 1. The van der Waals surface area contributed by atoms with Gasteiger partial charge in [-0.15, -0.1) is 6.42 Å². The lowest BCUT2D eigenvalue weighted by Crippen LogP contribution is -2.58. The van der Waals surface area contributed by atoms with Crippen molar-refractivity contribution < 1.29 is 33.8 Å². The fourth-order valence-corrected chi connectivity index (χ4v) is 7.60. The topological polar surface area (TPSA) is 191 Å². The monoisotopic (exact) mass is 832 g/mol. The lowest BCUT2D eigenvalue weighted by atomic mass is 9.85. The van der Waals surface area contributed by atoms with Crippen LogP contribution in [0.1, 0.15) is 87.2 Å². The molecule has 2 aliphatic heterocycles. The molecule has 4 atom stereocenters. The average molecular weight is 833 g/mol. The zero-order valence-corrected chi connectivity index (χ0v) is 35.7. The minimum absolute atomic E-state index is 0.0259. The van der Waals surface area contributed by atoms with E-state index in [0.29, 0.717) is 48.8 Å². The van der Waals surface area contributed by atoms with Crippen molar-refractivity contribution in [1.82, 2.24) is 30.7 Å². The van der Waals surface area contributed by atoms with Gasteiger partial charge in [-0.2, -0.15) is 5.10 Å². The number of likely N-dealkylation sites (tertiary alicyclic amines) is 1. The third kappa shape index (κ3) is 10.9. The summed E-state index contributed by atoms with van der Waals surface area (Å²) >= 11 is 0. The van der Waals surface area contributed by atoms with E-state index in [2.05, 4.69) is 42.0 Å². The number of aryl methyl sites for hydroxylation is 1. The summed E-state index contributed by atoms with van der Waals surface area (Å²) < 4.78 is 11.7. The van der Waals surface area contributed by atoms with E-state index in [0.717, 1.165) is 28.9 Å². The lowest BCUT2D eigenvalue weighted by Gasteiger charge is -2.36. The Morgan fingerprint density at radius 2 is 1.75 bits per heavy atom. The lowest BCUT2D eigenvalue weighted by molar-refractivity contribution is -0.145. The minimum Gasteiger partial charge on any atom is -0.494 e. The van der Waals surface area contributed by atoms with Gasteiger partial charge in [-0.3, -0.25) is 24.3 Å². The summed E-state index contributed by atoms with van der Waals surface area (Å²) in [6, 6.07) is 17.8. The second-order valence-corrected chi connectivity index (χ2v) is 16.6. The number of aliphatic hydroxyl groups is 1. The van der Waals surface area contributed by atoms with Crippen LogP contribution in [-0.4, -0.2) is 106 Å². The summed E-state index contributed by atoms with van der Waals surface area (Å²) in [5.41, 5.74) is 4.76. The number of anilines is 2. The maximum atomic E-state index is 14.1. The summed E-state index contributed by atoms with van der Waals surface area (Å²) in [7, 11) is 1.55. The van der Waals surface area contributed by atoms with Gasteiger partial charge in [0.05, 0.1) is 36.7 Å². The highest BCUT2D eigenvalue weighted by Gasteiger charge is 2.44. The molecule has 0 unspecified atom stereocenters. The molecule has 2 aromatic heterocycles. The van der Waals surface area contributed by atoms with Crippen LogP contribution in [0.15, 0.2) is 66.7 Å². The number of methoxy groups -OCH3 is 1. The number of benzene rings is 2. The summed E-state index contributed by atoms with van der Waals surface area (Å²) in [4.78, 5) is 62.2. The Morgan fingerprint density at radius 3 is 2.41 bits per heavy atom. The number of ether oxygens (including phenoxy) is 2. The van der Waals surface area contributed by atoms with E-state index < -0.39 is 35.4 Å². The first kappa shape index (κ1) is 44.3. The smallest absolute Gasteiger partial charge is 0.274 e. The van der Waals surface area contributed by atoms with Gasteiger partial charge in [0.1, 0.15) is 35.8 Å². The minimum atomic E-state index is -0.972. The summed E-state index contributed by atoms with van der Waals surface area (Å²) in [6.07, 6.45) is 6.60. The van der Waals surface area contributed by atoms with Gasteiger partial charge in [-0.1, -0.05) is 51.8 Å². The van der Waals surface area contributed by atoms with Crippen LogP contribution in [0.3, 0.4) is 0 Å². The molecule has 2 saturated heterocycles. The Kier molecular flexibility index (Phi) is 14.1. The highest BCUT2D eigenvalue weighted by molar-refractivity contribution is 6.04. The van der Waals surface area contributed by atoms with E-state index in [9.17, 15) is 24.3 Å². The second kappa shape index (κ2) is 19.4. The first-order valence-electron chi connectivity index (χ1n) is 20.7. The number of carbonyl (C=O) groups excluding carboxylic acids is 4. The molecule has 61 heavy (non-hydrogen) atoms. The molecule has 4 amide bonds. The molecular formula is C46H56N8O7. The van der Waals surface area contributed by atoms with Crippen molar-refractivity contribution >= 4 is 35.0 Å². The Bertz CT molecular complexity index is 2240. The highest BCUT2D eigenvalue weighted by atomic mass is 16.5. The van der Waals surface area contributed by atoms with Gasteiger partial charge in [0, 0.05) is 49.1 Å². The molecule has 2 aromatic carbocycles. The third-order valence-electron chi connectivity index (χ3n) is 11.2. The van der Waals surface area contributed by atoms with Crippen molar-refractivity contribution in [2.24, 2.45) is 5.41 Å². The number of amides is 4. The summed E-state index contributed by atoms with van der Waals surface area (Å²) in [5.74, 6) is 1.41. The van der Waals surface area contributed by atoms with E-state index in [4.69, 9.17) is 15.9 Å². The van der Waals surface area contributed by atoms with Gasteiger partial charge in [0.15, 0.2) is 0 Å². The average Bonchev–Trinajstić information content (AvgIpc) is 3.92. The Hall–Kier alpha value is -6.24. The van der Waals surface area contributed by atoms with Crippen molar-refractivity contribution in [1.29, 1.82) is 0 Å². The van der Waals surface area contributed by atoms with Crippen LogP contribution in [0.5, 0.6) is 5.75 Å². The number of piperidine rings is 1. The number of aliphatic hydroxyl groups excluding tert-OH is 1. The van der Waals surface area contributed by atoms with E-state index in [1.54, 1.807) is 37.4 Å². The number of aromatic amines is 1. The van der Waals surface area contributed by atoms with Crippen molar-refractivity contribution in [2.45, 2.75) is 90.6 Å².